The zero-order valence-electron chi connectivity index (χ0n) is 12.0. The molecule has 0 spiro atoms. The molecule has 0 amide bonds. The number of aromatic amines is 1. The SMILES string of the molecule is CC(C)(CCOP[O-])CCn1cnc2c(=O)[nH]c(N)nc21. The van der Waals surface area contributed by atoms with E-state index >= 15 is 0 Å². The standard InChI is InChI=1S/C12H19N5O3P/c1-12(2,4-6-20-21-19)3-5-17-7-14-8-9(17)15-11(13)16-10(8)18/h7,21H,3-6H2,1-2H3,(H3,13,15,16,18)/q-1. The first-order valence-electron chi connectivity index (χ1n) is 6.62. The first kappa shape index (κ1) is 15.9. The number of fused-ring (bicyclic) bond motifs is 1. The number of hydrogen-bond donors (Lipinski definition) is 2. The monoisotopic (exact) mass is 312 g/mol. The van der Waals surface area contributed by atoms with Gasteiger partial charge in [-0.2, -0.15) is 4.98 Å². The molecular formula is C12H19N5O3P-. The van der Waals surface area contributed by atoms with Crippen LogP contribution in [0.25, 0.3) is 11.2 Å². The number of rotatable bonds is 7. The lowest BCUT2D eigenvalue weighted by atomic mass is 9.86. The van der Waals surface area contributed by atoms with Gasteiger partial charge in [0, 0.05) is 13.2 Å². The Labute approximate surface area is 123 Å². The van der Waals surface area contributed by atoms with Crippen LogP contribution < -0.4 is 16.2 Å². The summed E-state index contributed by atoms with van der Waals surface area (Å²) in [6.07, 6.45) is 3.24. The van der Waals surface area contributed by atoms with Gasteiger partial charge in [-0.15, -0.1) is 0 Å². The Morgan fingerprint density at radius 1 is 1.52 bits per heavy atom. The minimum absolute atomic E-state index is 0.0169. The number of anilines is 1. The molecule has 116 valence electrons. The number of nitrogen functional groups attached to an aromatic ring is 1. The summed E-state index contributed by atoms with van der Waals surface area (Å²) in [5.41, 5.74) is 6.03. The Bertz CT molecular complexity index is 666. The van der Waals surface area contributed by atoms with Crippen molar-refractivity contribution in [1.29, 1.82) is 0 Å². The molecule has 0 aromatic carbocycles. The van der Waals surface area contributed by atoms with Crippen LogP contribution in [0, 0.1) is 5.41 Å². The predicted octanol–water partition coefficient (Wildman–Crippen LogP) is 0.394. The average Bonchev–Trinajstić information content (AvgIpc) is 2.80. The third-order valence-corrected chi connectivity index (χ3v) is 3.78. The Morgan fingerprint density at radius 3 is 3.00 bits per heavy atom. The smallest absolute Gasteiger partial charge is 0.280 e. The van der Waals surface area contributed by atoms with Crippen LogP contribution in [0.2, 0.25) is 0 Å². The van der Waals surface area contributed by atoms with Crippen molar-refractivity contribution in [2.45, 2.75) is 33.2 Å². The summed E-state index contributed by atoms with van der Waals surface area (Å²) in [6, 6.07) is 0. The van der Waals surface area contributed by atoms with E-state index in [4.69, 9.17) is 10.3 Å². The molecule has 0 saturated carbocycles. The third kappa shape index (κ3) is 4.00. The van der Waals surface area contributed by atoms with Crippen LogP contribution in [0.1, 0.15) is 26.7 Å². The number of nitrogens with two attached hydrogens (primary N) is 1. The van der Waals surface area contributed by atoms with E-state index in [0.717, 1.165) is 12.8 Å². The Hall–Kier alpha value is -1.50. The van der Waals surface area contributed by atoms with Crippen molar-refractivity contribution in [2.24, 2.45) is 5.41 Å². The second-order valence-electron chi connectivity index (χ2n) is 5.66. The van der Waals surface area contributed by atoms with Gasteiger partial charge in [-0.1, -0.05) is 22.9 Å². The highest BCUT2D eigenvalue weighted by molar-refractivity contribution is 7.23. The first-order valence-corrected chi connectivity index (χ1v) is 7.44. The number of nitrogens with zero attached hydrogens (tertiary/aromatic N) is 3. The van der Waals surface area contributed by atoms with Crippen molar-refractivity contribution in [2.75, 3.05) is 12.3 Å². The van der Waals surface area contributed by atoms with Crippen LogP contribution in [-0.2, 0) is 11.1 Å². The van der Waals surface area contributed by atoms with Crippen LogP contribution in [-0.4, -0.2) is 26.1 Å². The summed E-state index contributed by atoms with van der Waals surface area (Å²) in [5, 5.41) is 0. The minimum Gasteiger partial charge on any atom is -0.810 e. The van der Waals surface area contributed by atoms with Gasteiger partial charge < -0.3 is 19.7 Å². The fraction of sp³-hybridized carbons (Fsp3) is 0.583. The van der Waals surface area contributed by atoms with E-state index in [-0.39, 0.29) is 22.4 Å². The van der Waals surface area contributed by atoms with Gasteiger partial charge in [0.05, 0.1) is 6.33 Å². The van der Waals surface area contributed by atoms with Crippen LogP contribution >= 0.6 is 9.03 Å². The molecule has 2 aromatic heterocycles. The Balaban J connectivity index is 2.08. The van der Waals surface area contributed by atoms with Gasteiger partial charge in [-0.05, 0) is 18.3 Å². The zero-order chi connectivity index (χ0) is 15.5. The number of aryl methyl sites for hydroxylation is 1. The van der Waals surface area contributed by atoms with Gasteiger partial charge in [0.2, 0.25) is 5.95 Å². The maximum atomic E-state index is 11.7. The molecule has 2 rings (SSSR count). The van der Waals surface area contributed by atoms with Crippen molar-refractivity contribution in [1.82, 2.24) is 19.5 Å². The number of aromatic nitrogens is 4. The topological polar surface area (TPSA) is 122 Å². The largest absolute Gasteiger partial charge is 0.810 e. The van der Waals surface area contributed by atoms with E-state index in [1.54, 1.807) is 6.33 Å². The normalized spacial score (nSPS) is 12.7. The average molecular weight is 312 g/mol. The van der Waals surface area contributed by atoms with Crippen molar-refractivity contribution in [3.05, 3.63) is 16.7 Å². The molecule has 0 aliphatic rings. The summed E-state index contributed by atoms with van der Waals surface area (Å²) in [7, 11) is -0.720. The van der Waals surface area contributed by atoms with Crippen molar-refractivity contribution < 1.29 is 9.42 Å². The van der Waals surface area contributed by atoms with E-state index in [0.29, 0.717) is 18.8 Å². The molecule has 3 N–H and O–H groups in total. The van der Waals surface area contributed by atoms with Gasteiger partial charge in [0.25, 0.3) is 5.56 Å². The summed E-state index contributed by atoms with van der Waals surface area (Å²) >= 11 is 0. The molecule has 1 unspecified atom stereocenters. The van der Waals surface area contributed by atoms with Crippen LogP contribution in [0.5, 0.6) is 0 Å². The molecule has 0 radical (unpaired) electrons. The van der Waals surface area contributed by atoms with E-state index in [1.807, 2.05) is 4.57 Å². The molecule has 1 atom stereocenters. The molecule has 0 aliphatic heterocycles. The second kappa shape index (κ2) is 6.51. The van der Waals surface area contributed by atoms with Crippen LogP contribution in [0.4, 0.5) is 5.95 Å². The first-order chi connectivity index (χ1) is 9.93. The minimum atomic E-state index is -0.720. The lowest BCUT2D eigenvalue weighted by molar-refractivity contribution is -0.169. The number of imidazole rings is 1. The fourth-order valence-electron chi connectivity index (χ4n) is 2.05. The maximum Gasteiger partial charge on any atom is 0.280 e. The van der Waals surface area contributed by atoms with Crippen LogP contribution in [0.15, 0.2) is 11.1 Å². The van der Waals surface area contributed by atoms with Gasteiger partial charge >= 0.3 is 0 Å². The lowest BCUT2D eigenvalue weighted by Gasteiger charge is -2.25. The molecule has 9 heteroatoms. The van der Waals surface area contributed by atoms with E-state index in [1.165, 1.54) is 0 Å². The highest BCUT2D eigenvalue weighted by Gasteiger charge is 2.18. The lowest BCUT2D eigenvalue weighted by Crippen LogP contribution is -2.17. The van der Waals surface area contributed by atoms with Crippen molar-refractivity contribution >= 4 is 26.1 Å². The molecular weight excluding hydrogens is 293 g/mol. The van der Waals surface area contributed by atoms with Gasteiger partial charge in [0.15, 0.2) is 11.2 Å². The maximum absolute atomic E-state index is 11.7. The van der Waals surface area contributed by atoms with Gasteiger partial charge in [0.1, 0.15) is 0 Å². The highest BCUT2D eigenvalue weighted by atomic mass is 31.1. The molecule has 21 heavy (non-hydrogen) atoms. The molecule has 0 saturated heterocycles. The highest BCUT2D eigenvalue weighted by Crippen LogP contribution is 2.27. The quantitative estimate of drug-likeness (QED) is 0.563. The molecule has 2 aromatic rings. The summed E-state index contributed by atoms with van der Waals surface area (Å²) in [6.45, 7) is 5.35. The van der Waals surface area contributed by atoms with Gasteiger partial charge in [-0.3, -0.25) is 9.78 Å². The van der Waals surface area contributed by atoms with Crippen molar-refractivity contribution in [3.63, 3.8) is 0 Å². The Kier molecular flexibility index (Phi) is 4.92. The second-order valence-corrected chi connectivity index (χ2v) is 6.11. The number of hydrogen-bond acceptors (Lipinski definition) is 6. The summed E-state index contributed by atoms with van der Waals surface area (Å²) < 4.78 is 6.71. The van der Waals surface area contributed by atoms with Gasteiger partial charge in [-0.25, -0.2) is 4.98 Å². The van der Waals surface area contributed by atoms with Crippen molar-refractivity contribution in [3.8, 4) is 0 Å². The molecule has 0 bridgehead atoms. The zero-order valence-corrected chi connectivity index (χ0v) is 13.0. The third-order valence-electron chi connectivity index (χ3n) is 3.46. The number of nitrogens with one attached hydrogen (secondary N) is 1. The molecule has 2 heterocycles. The van der Waals surface area contributed by atoms with E-state index in [2.05, 4.69) is 28.8 Å². The van der Waals surface area contributed by atoms with E-state index < -0.39 is 9.03 Å². The van der Waals surface area contributed by atoms with Crippen LogP contribution in [0.3, 0.4) is 0 Å². The van der Waals surface area contributed by atoms with E-state index in [9.17, 15) is 9.69 Å². The summed E-state index contributed by atoms with van der Waals surface area (Å²) in [4.78, 5) is 32.6. The predicted molar refractivity (Wildman–Crippen MR) is 79.8 cm³/mol. The molecule has 0 fully saturated rings. The fourth-order valence-corrected chi connectivity index (χ4v) is 2.24. The molecule has 8 nitrogen and oxygen atoms in total. The number of H-pyrrole nitrogens is 1. The molecule has 0 aliphatic carbocycles. The summed E-state index contributed by atoms with van der Waals surface area (Å²) in [5.74, 6) is 0.0818. The Morgan fingerprint density at radius 2 is 2.29 bits per heavy atom.